The number of aromatic nitrogens is 1. The first-order chi connectivity index (χ1) is 8.34. The zero-order valence-electron chi connectivity index (χ0n) is 9.98. The number of hydrogen-bond acceptors (Lipinski definition) is 3. The lowest BCUT2D eigenvalue weighted by Crippen LogP contribution is -2.42. The van der Waals surface area contributed by atoms with Gasteiger partial charge in [-0.1, -0.05) is 6.07 Å². The van der Waals surface area contributed by atoms with Crippen molar-refractivity contribution < 1.29 is 4.79 Å². The zero-order valence-corrected chi connectivity index (χ0v) is 9.98. The second-order valence-electron chi connectivity index (χ2n) is 4.45. The molecule has 17 heavy (non-hydrogen) atoms. The molecule has 1 aromatic heterocycles. The van der Waals surface area contributed by atoms with Crippen molar-refractivity contribution in [1.82, 2.24) is 15.6 Å². The van der Waals surface area contributed by atoms with Crippen LogP contribution >= 0.6 is 0 Å². The molecule has 0 radical (unpaired) electrons. The van der Waals surface area contributed by atoms with E-state index in [2.05, 4.69) is 15.6 Å². The van der Waals surface area contributed by atoms with Gasteiger partial charge in [0.1, 0.15) is 0 Å². The smallest absolute Gasteiger partial charge is 0.220 e. The summed E-state index contributed by atoms with van der Waals surface area (Å²) in [6.07, 6.45) is 6.97. The summed E-state index contributed by atoms with van der Waals surface area (Å²) in [4.78, 5) is 15.8. The number of piperidine rings is 1. The van der Waals surface area contributed by atoms with Crippen molar-refractivity contribution in [1.29, 1.82) is 0 Å². The van der Waals surface area contributed by atoms with Crippen LogP contribution in [0.1, 0.15) is 24.8 Å². The molecule has 1 saturated heterocycles. The average molecular weight is 233 g/mol. The Labute approximate surface area is 102 Å². The minimum absolute atomic E-state index is 0.153. The zero-order chi connectivity index (χ0) is 11.9. The number of nitrogens with one attached hydrogen (secondary N) is 2. The predicted molar refractivity (Wildman–Crippen MR) is 66.6 cm³/mol. The lowest BCUT2D eigenvalue weighted by molar-refractivity contribution is -0.121. The van der Waals surface area contributed by atoms with E-state index in [0.717, 1.165) is 37.9 Å². The van der Waals surface area contributed by atoms with E-state index >= 15 is 0 Å². The quantitative estimate of drug-likeness (QED) is 0.812. The molecule has 1 aliphatic heterocycles. The number of carbonyl (C=O) groups excluding carboxylic acids is 1. The van der Waals surface area contributed by atoms with E-state index in [4.69, 9.17) is 0 Å². The van der Waals surface area contributed by atoms with Crippen LogP contribution < -0.4 is 10.6 Å². The monoisotopic (exact) mass is 233 g/mol. The van der Waals surface area contributed by atoms with Crippen molar-refractivity contribution in [3.05, 3.63) is 30.1 Å². The van der Waals surface area contributed by atoms with E-state index in [1.165, 1.54) is 0 Å². The van der Waals surface area contributed by atoms with E-state index in [9.17, 15) is 4.79 Å². The Morgan fingerprint density at radius 2 is 2.29 bits per heavy atom. The summed E-state index contributed by atoms with van der Waals surface area (Å²) in [7, 11) is 0. The largest absolute Gasteiger partial charge is 0.353 e. The molecule has 1 aliphatic rings. The molecule has 0 bridgehead atoms. The van der Waals surface area contributed by atoms with Crippen molar-refractivity contribution in [3.8, 4) is 0 Å². The minimum atomic E-state index is 0.153. The molecule has 4 heteroatoms. The normalized spacial score (nSPS) is 16.7. The third kappa shape index (κ3) is 4.15. The highest BCUT2D eigenvalue weighted by atomic mass is 16.1. The van der Waals surface area contributed by atoms with Crippen LogP contribution in [0.25, 0.3) is 0 Å². The molecule has 92 valence electrons. The molecular formula is C13H19N3O. The number of pyridine rings is 1. The SMILES string of the molecule is O=C(CCc1cccnc1)NC1CCNCC1. The molecule has 4 nitrogen and oxygen atoms in total. The third-order valence-electron chi connectivity index (χ3n) is 3.07. The average Bonchev–Trinajstić information content (AvgIpc) is 2.39. The Morgan fingerprint density at radius 3 is 3.00 bits per heavy atom. The predicted octanol–water partition coefficient (Wildman–Crippen LogP) is 0.882. The van der Waals surface area contributed by atoms with E-state index < -0.39 is 0 Å². The summed E-state index contributed by atoms with van der Waals surface area (Å²) in [5.74, 6) is 0.153. The van der Waals surface area contributed by atoms with Gasteiger partial charge in [-0.25, -0.2) is 0 Å². The van der Waals surface area contributed by atoms with Gasteiger partial charge in [0, 0.05) is 24.9 Å². The molecule has 0 aromatic carbocycles. The molecule has 2 N–H and O–H groups in total. The fraction of sp³-hybridized carbons (Fsp3) is 0.538. The van der Waals surface area contributed by atoms with Crippen molar-refractivity contribution in [2.24, 2.45) is 0 Å². The van der Waals surface area contributed by atoms with Crippen LogP contribution in [0.2, 0.25) is 0 Å². The summed E-state index contributed by atoms with van der Waals surface area (Å²) < 4.78 is 0. The van der Waals surface area contributed by atoms with Crippen LogP contribution in [-0.4, -0.2) is 30.0 Å². The van der Waals surface area contributed by atoms with Crippen LogP contribution in [0.4, 0.5) is 0 Å². The van der Waals surface area contributed by atoms with Gasteiger partial charge >= 0.3 is 0 Å². The van der Waals surface area contributed by atoms with Crippen molar-refractivity contribution >= 4 is 5.91 Å². The molecule has 0 saturated carbocycles. The lowest BCUT2D eigenvalue weighted by Gasteiger charge is -2.23. The fourth-order valence-electron chi connectivity index (χ4n) is 2.07. The fourth-order valence-corrected chi connectivity index (χ4v) is 2.07. The topological polar surface area (TPSA) is 54.0 Å². The van der Waals surface area contributed by atoms with E-state index in [-0.39, 0.29) is 5.91 Å². The Hall–Kier alpha value is -1.42. The number of rotatable bonds is 4. The number of carbonyl (C=O) groups is 1. The van der Waals surface area contributed by atoms with E-state index in [1.807, 2.05) is 18.3 Å². The molecule has 1 fully saturated rings. The minimum Gasteiger partial charge on any atom is -0.353 e. The number of hydrogen-bond donors (Lipinski definition) is 2. The molecule has 0 spiro atoms. The summed E-state index contributed by atoms with van der Waals surface area (Å²) >= 11 is 0. The molecule has 2 heterocycles. The van der Waals surface area contributed by atoms with Gasteiger partial charge < -0.3 is 10.6 Å². The highest BCUT2D eigenvalue weighted by molar-refractivity contribution is 5.76. The second-order valence-corrected chi connectivity index (χ2v) is 4.45. The van der Waals surface area contributed by atoms with E-state index in [0.29, 0.717) is 12.5 Å². The summed E-state index contributed by atoms with van der Waals surface area (Å²) in [5, 5.41) is 6.38. The molecule has 0 atom stereocenters. The Kier molecular flexibility index (Phi) is 4.50. The first kappa shape index (κ1) is 12.0. The number of amides is 1. The molecule has 2 rings (SSSR count). The maximum Gasteiger partial charge on any atom is 0.220 e. The van der Waals surface area contributed by atoms with Crippen molar-refractivity contribution in [2.45, 2.75) is 31.7 Å². The van der Waals surface area contributed by atoms with Gasteiger partial charge in [-0.2, -0.15) is 0 Å². The second kappa shape index (κ2) is 6.35. The maximum atomic E-state index is 11.7. The van der Waals surface area contributed by atoms with Crippen molar-refractivity contribution in [2.75, 3.05) is 13.1 Å². The summed E-state index contributed by atoms with van der Waals surface area (Å²) in [6.45, 7) is 2.01. The van der Waals surface area contributed by atoms with Crippen LogP contribution in [0.15, 0.2) is 24.5 Å². The van der Waals surface area contributed by atoms with Gasteiger partial charge in [0.15, 0.2) is 0 Å². The molecule has 0 aliphatic carbocycles. The number of aryl methyl sites for hydroxylation is 1. The van der Waals surface area contributed by atoms with Crippen LogP contribution in [-0.2, 0) is 11.2 Å². The highest BCUT2D eigenvalue weighted by Crippen LogP contribution is 2.04. The van der Waals surface area contributed by atoms with Gasteiger partial charge in [0.05, 0.1) is 0 Å². The molecule has 1 amide bonds. The number of nitrogens with zero attached hydrogens (tertiary/aromatic N) is 1. The maximum absolute atomic E-state index is 11.7. The molecule has 0 unspecified atom stereocenters. The van der Waals surface area contributed by atoms with Crippen LogP contribution in [0, 0.1) is 0 Å². The van der Waals surface area contributed by atoms with Gasteiger partial charge in [0.25, 0.3) is 0 Å². The Bertz CT molecular complexity index is 347. The van der Waals surface area contributed by atoms with Crippen LogP contribution in [0.5, 0.6) is 0 Å². The lowest BCUT2D eigenvalue weighted by atomic mass is 10.1. The van der Waals surface area contributed by atoms with Gasteiger partial charge in [-0.3, -0.25) is 9.78 Å². The summed E-state index contributed by atoms with van der Waals surface area (Å²) in [6, 6.07) is 4.27. The first-order valence-corrected chi connectivity index (χ1v) is 6.23. The van der Waals surface area contributed by atoms with Crippen molar-refractivity contribution in [3.63, 3.8) is 0 Å². The van der Waals surface area contributed by atoms with Crippen LogP contribution in [0.3, 0.4) is 0 Å². The van der Waals surface area contributed by atoms with Gasteiger partial charge in [-0.05, 0) is 44.0 Å². The Morgan fingerprint density at radius 1 is 1.47 bits per heavy atom. The standard InChI is InChI=1S/C13H19N3O/c17-13(16-12-5-8-14-9-6-12)4-3-11-2-1-7-15-10-11/h1-2,7,10,12,14H,3-6,8-9H2,(H,16,17). The molecular weight excluding hydrogens is 214 g/mol. The Balaban J connectivity index is 1.70. The summed E-state index contributed by atoms with van der Waals surface area (Å²) in [5.41, 5.74) is 1.12. The van der Waals surface area contributed by atoms with E-state index in [1.54, 1.807) is 6.20 Å². The highest BCUT2D eigenvalue weighted by Gasteiger charge is 2.14. The molecule has 1 aromatic rings. The van der Waals surface area contributed by atoms with Gasteiger partial charge in [-0.15, -0.1) is 0 Å². The van der Waals surface area contributed by atoms with Gasteiger partial charge in [0.2, 0.25) is 5.91 Å². The third-order valence-corrected chi connectivity index (χ3v) is 3.07. The first-order valence-electron chi connectivity index (χ1n) is 6.23.